The van der Waals surface area contributed by atoms with Gasteiger partial charge in [-0.25, -0.2) is 4.79 Å². The van der Waals surface area contributed by atoms with E-state index in [1.807, 2.05) is 19.2 Å². The zero-order chi connectivity index (χ0) is 21.2. The normalized spacial score (nSPS) is 18.8. The van der Waals surface area contributed by atoms with Gasteiger partial charge in [-0.1, -0.05) is 19.9 Å². The van der Waals surface area contributed by atoms with Crippen LogP contribution >= 0.6 is 11.3 Å². The molecule has 0 spiro atoms. The summed E-state index contributed by atoms with van der Waals surface area (Å²) >= 11 is 1.37. The first-order valence-corrected chi connectivity index (χ1v) is 10.2. The minimum atomic E-state index is -1.16. The molecule has 1 atom stereocenters. The van der Waals surface area contributed by atoms with Gasteiger partial charge >= 0.3 is 6.03 Å². The lowest BCUT2D eigenvalue weighted by atomic mass is 10.0. The van der Waals surface area contributed by atoms with E-state index in [9.17, 15) is 19.2 Å². The molecule has 2 N–H and O–H groups in total. The summed E-state index contributed by atoms with van der Waals surface area (Å²) in [7, 11) is 0. The minimum absolute atomic E-state index is 0.0914. The van der Waals surface area contributed by atoms with Crippen LogP contribution in [0.4, 0.5) is 10.5 Å². The molecular formula is C21H23N3O4S. The quantitative estimate of drug-likeness (QED) is 0.537. The summed E-state index contributed by atoms with van der Waals surface area (Å²) in [4.78, 5) is 51.2. The number of imide groups is 1. The number of benzene rings is 1. The van der Waals surface area contributed by atoms with Crippen LogP contribution in [0.3, 0.4) is 0 Å². The first-order chi connectivity index (χ1) is 13.7. The van der Waals surface area contributed by atoms with Crippen LogP contribution in [0.15, 0.2) is 41.8 Å². The van der Waals surface area contributed by atoms with Crippen LogP contribution in [0, 0.1) is 5.92 Å². The number of ketones is 1. The van der Waals surface area contributed by atoms with Gasteiger partial charge in [-0.2, -0.15) is 0 Å². The Bertz CT molecular complexity index is 937. The molecule has 0 saturated carbocycles. The Morgan fingerprint density at radius 2 is 1.86 bits per heavy atom. The first-order valence-electron chi connectivity index (χ1n) is 9.32. The van der Waals surface area contributed by atoms with E-state index in [2.05, 4.69) is 10.6 Å². The number of hydrogen-bond acceptors (Lipinski definition) is 5. The first kappa shape index (κ1) is 20.7. The fourth-order valence-corrected chi connectivity index (χ4v) is 3.96. The predicted molar refractivity (Wildman–Crippen MR) is 111 cm³/mol. The van der Waals surface area contributed by atoms with Crippen LogP contribution in [-0.4, -0.2) is 35.1 Å². The second-order valence-corrected chi connectivity index (χ2v) is 8.52. The molecule has 3 rings (SSSR count). The molecule has 29 heavy (non-hydrogen) atoms. The Morgan fingerprint density at radius 1 is 1.17 bits per heavy atom. The highest BCUT2D eigenvalue weighted by molar-refractivity contribution is 7.10. The van der Waals surface area contributed by atoms with Crippen LogP contribution in [0.5, 0.6) is 0 Å². The van der Waals surface area contributed by atoms with E-state index in [4.69, 9.17) is 0 Å². The van der Waals surface area contributed by atoms with Crippen LogP contribution in [-0.2, 0) is 15.1 Å². The molecule has 0 aliphatic carbocycles. The maximum absolute atomic E-state index is 12.8. The number of rotatable bonds is 7. The van der Waals surface area contributed by atoms with E-state index in [0.717, 1.165) is 4.90 Å². The number of thiophene rings is 1. The number of carbonyl (C=O) groups excluding carboxylic acids is 4. The molecule has 0 bridgehead atoms. The lowest BCUT2D eigenvalue weighted by molar-refractivity contribution is -0.130. The average Bonchev–Trinajstić information content (AvgIpc) is 3.26. The molecule has 1 aromatic carbocycles. The maximum Gasteiger partial charge on any atom is 0.325 e. The Kier molecular flexibility index (Phi) is 5.83. The van der Waals surface area contributed by atoms with E-state index in [1.165, 1.54) is 11.3 Å². The molecule has 0 radical (unpaired) electrons. The number of carbonyl (C=O) groups is 4. The lowest BCUT2D eigenvalue weighted by Gasteiger charge is -2.19. The third-order valence-corrected chi connectivity index (χ3v) is 5.77. The Balaban J connectivity index is 1.66. The number of urea groups is 1. The highest BCUT2D eigenvalue weighted by atomic mass is 32.1. The number of amides is 4. The monoisotopic (exact) mass is 413 g/mol. The van der Waals surface area contributed by atoms with Crippen molar-refractivity contribution >= 4 is 40.7 Å². The molecule has 152 valence electrons. The zero-order valence-corrected chi connectivity index (χ0v) is 17.3. The molecule has 1 aliphatic heterocycles. The fraction of sp³-hybridized carbons (Fsp3) is 0.333. The number of nitrogens with one attached hydrogen (secondary N) is 2. The number of nitrogens with zero attached hydrogens (tertiary/aromatic N) is 1. The molecule has 1 fully saturated rings. The predicted octanol–water partition coefficient (Wildman–Crippen LogP) is 3.38. The van der Waals surface area contributed by atoms with Crippen molar-refractivity contribution in [1.29, 1.82) is 0 Å². The van der Waals surface area contributed by atoms with Crippen LogP contribution in [0.2, 0.25) is 0 Å². The molecule has 1 saturated heterocycles. The van der Waals surface area contributed by atoms with Gasteiger partial charge in [-0.15, -0.1) is 11.3 Å². The van der Waals surface area contributed by atoms with Gasteiger partial charge in [0.2, 0.25) is 5.91 Å². The highest BCUT2D eigenvalue weighted by Gasteiger charge is 2.50. The van der Waals surface area contributed by atoms with E-state index >= 15 is 0 Å². The van der Waals surface area contributed by atoms with E-state index < -0.39 is 17.5 Å². The summed E-state index contributed by atoms with van der Waals surface area (Å²) in [6.45, 7) is 5.21. The van der Waals surface area contributed by atoms with Gasteiger partial charge in [0.1, 0.15) is 0 Å². The van der Waals surface area contributed by atoms with Crippen molar-refractivity contribution < 1.29 is 19.2 Å². The van der Waals surface area contributed by atoms with E-state index in [0.29, 0.717) is 22.5 Å². The number of Topliss-reactive ketones (excluding diaryl/α,β-unsaturated/α-hetero) is 1. The van der Waals surface area contributed by atoms with Crippen molar-refractivity contribution in [2.75, 3.05) is 11.9 Å². The third-order valence-electron chi connectivity index (χ3n) is 4.67. The van der Waals surface area contributed by atoms with Crippen molar-refractivity contribution in [2.24, 2.45) is 5.92 Å². The number of anilines is 1. The summed E-state index contributed by atoms with van der Waals surface area (Å²) in [5, 5.41) is 7.29. The molecule has 1 aliphatic rings. The smallest absolute Gasteiger partial charge is 0.325 e. The molecule has 8 heteroatoms. The van der Waals surface area contributed by atoms with Crippen molar-refractivity contribution in [3.8, 4) is 0 Å². The van der Waals surface area contributed by atoms with Gasteiger partial charge in [-0.3, -0.25) is 19.3 Å². The number of hydrogen-bond donors (Lipinski definition) is 2. The second-order valence-electron chi connectivity index (χ2n) is 7.57. The molecule has 7 nitrogen and oxygen atoms in total. The van der Waals surface area contributed by atoms with Crippen molar-refractivity contribution in [3.63, 3.8) is 0 Å². The molecule has 4 amide bonds. The molecule has 2 aromatic rings. The Morgan fingerprint density at radius 3 is 2.45 bits per heavy atom. The Hall–Kier alpha value is -3.00. The van der Waals surface area contributed by atoms with Gasteiger partial charge in [-0.05, 0) is 48.6 Å². The standard InChI is InChI=1S/C21H23N3O4S/c1-13(2)11-18(26)22-15-8-6-14(7-9-15)16(25)12-24-19(27)21(3,23-20(24)28)17-5-4-10-29-17/h4-10,13H,11-12H2,1-3H3,(H,22,26)(H,23,28). The van der Waals surface area contributed by atoms with Gasteiger partial charge in [0.15, 0.2) is 11.3 Å². The average molecular weight is 413 g/mol. The maximum atomic E-state index is 12.8. The van der Waals surface area contributed by atoms with Gasteiger partial charge in [0, 0.05) is 22.5 Å². The van der Waals surface area contributed by atoms with Gasteiger partial charge < -0.3 is 10.6 Å². The minimum Gasteiger partial charge on any atom is -0.326 e. The SMILES string of the molecule is CC(C)CC(=O)Nc1ccc(C(=O)CN2C(=O)NC(C)(c3cccs3)C2=O)cc1. The van der Waals surface area contributed by atoms with Crippen molar-refractivity contribution in [3.05, 3.63) is 52.2 Å². The van der Waals surface area contributed by atoms with Crippen LogP contribution in [0.1, 0.15) is 42.4 Å². The van der Waals surface area contributed by atoms with Crippen molar-refractivity contribution in [2.45, 2.75) is 32.7 Å². The zero-order valence-electron chi connectivity index (χ0n) is 16.5. The van der Waals surface area contributed by atoms with Crippen molar-refractivity contribution in [1.82, 2.24) is 10.2 Å². The highest BCUT2D eigenvalue weighted by Crippen LogP contribution is 2.31. The topological polar surface area (TPSA) is 95.6 Å². The van der Waals surface area contributed by atoms with Gasteiger partial charge in [0.25, 0.3) is 5.91 Å². The second kappa shape index (κ2) is 8.16. The summed E-state index contributed by atoms with van der Waals surface area (Å²) in [6.07, 6.45) is 0.413. The summed E-state index contributed by atoms with van der Waals surface area (Å²) in [5.41, 5.74) is -0.208. The van der Waals surface area contributed by atoms with E-state index in [1.54, 1.807) is 43.3 Å². The van der Waals surface area contributed by atoms with E-state index in [-0.39, 0.29) is 24.2 Å². The molecule has 1 aromatic heterocycles. The molecule has 1 unspecified atom stereocenters. The summed E-state index contributed by atoms with van der Waals surface area (Å²) < 4.78 is 0. The Labute approximate surface area is 173 Å². The third kappa shape index (κ3) is 4.37. The van der Waals surface area contributed by atoms with Crippen LogP contribution < -0.4 is 10.6 Å². The van der Waals surface area contributed by atoms with Gasteiger partial charge in [0.05, 0.1) is 6.54 Å². The molecular weight excluding hydrogens is 390 g/mol. The largest absolute Gasteiger partial charge is 0.326 e. The summed E-state index contributed by atoms with van der Waals surface area (Å²) in [5.74, 6) is -0.647. The summed E-state index contributed by atoms with van der Waals surface area (Å²) in [6, 6.07) is 9.41. The fourth-order valence-electron chi connectivity index (χ4n) is 3.13. The lowest BCUT2D eigenvalue weighted by Crippen LogP contribution is -2.40. The molecule has 2 heterocycles. The van der Waals surface area contributed by atoms with Crippen LogP contribution in [0.25, 0.3) is 0 Å².